The molecule has 5 nitrogen and oxygen atoms in total. The monoisotopic (exact) mass is 252 g/mol. The first kappa shape index (κ1) is 15.6. The number of ether oxygens (including phenoxy) is 1. The molecule has 0 unspecified atom stereocenters. The van der Waals surface area contributed by atoms with Crippen LogP contribution in [0.4, 0.5) is 0 Å². The van der Waals surface area contributed by atoms with Gasteiger partial charge in [0.25, 0.3) is 0 Å². The lowest BCUT2D eigenvalue weighted by atomic mass is 10.1. The first-order chi connectivity index (χ1) is 6.83. The fourth-order valence-corrected chi connectivity index (χ4v) is 1.68. The molecule has 0 bridgehead atoms. The van der Waals surface area contributed by atoms with E-state index in [1.807, 2.05) is 20.8 Å². The number of nitrogens with zero attached hydrogens (tertiary/aromatic N) is 1. The first-order valence-corrected chi connectivity index (χ1v) is 5.18. The Hall–Kier alpha value is -0.360. The molecule has 0 radical (unpaired) electrons. The highest BCUT2D eigenvalue weighted by Gasteiger charge is 2.36. The Morgan fingerprint density at radius 3 is 2.50 bits per heavy atom. The van der Waals surface area contributed by atoms with E-state index in [2.05, 4.69) is 0 Å². The van der Waals surface area contributed by atoms with Crippen LogP contribution in [0.3, 0.4) is 0 Å². The van der Waals surface area contributed by atoms with Gasteiger partial charge in [-0.1, -0.05) is 0 Å². The summed E-state index contributed by atoms with van der Waals surface area (Å²) in [4.78, 5) is 11.7. The minimum atomic E-state index is -0.464. The molecule has 1 aliphatic rings. The lowest BCUT2D eigenvalue weighted by Gasteiger charge is -2.21. The van der Waals surface area contributed by atoms with Gasteiger partial charge >= 0.3 is 5.97 Å². The number of carbonyl (C=O) groups is 1. The number of nitrogens with two attached hydrogens (primary N) is 1. The van der Waals surface area contributed by atoms with Gasteiger partial charge in [0, 0.05) is 12.6 Å². The zero-order chi connectivity index (χ0) is 11.6. The molecule has 1 heterocycles. The largest absolute Gasteiger partial charge is 0.460 e. The van der Waals surface area contributed by atoms with Crippen LogP contribution >= 0.6 is 12.4 Å². The quantitative estimate of drug-likeness (QED) is 0.546. The summed E-state index contributed by atoms with van der Waals surface area (Å²) in [7, 11) is 0. The lowest BCUT2D eigenvalue weighted by molar-refractivity contribution is -0.159. The van der Waals surface area contributed by atoms with Gasteiger partial charge in [-0.05, 0) is 27.2 Å². The van der Waals surface area contributed by atoms with Crippen LogP contribution in [0.5, 0.6) is 0 Å². The first-order valence-electron chi connectivity index (χ1n) is 5.18. The molecule has 0 aromatic heterocycles. The highest BCUT2D eigenvalue weighted by atomic mass is 35.5. The van der Waals surface area contributed by atoms with E-state index in [0.29, 0.717) is 13.0 Å². The van der Waals surface area contributed by atoms with Crippen LogP contribution in [0.15, 0.2) is 0 Å². The summed E-state index contributed by atoms with van der Waals surface area (Å²) in [6, 6.07) is -0.123. The smallest absolute Gasteiger partial charge is 0.310 e. The van der Waals surface area contributed by atoms with E-state index in [1.54, 1.807) is 0 Å². The number of hydrazine groups is 1. The molecule has 96 valence electrons. The highest BCUT2D eigenvalue weighted by Crippen LogP contribution is 2.23. The summed E-state index contributed by atoms with van der Waals surface area (Å²) in [6.07, 6.45) is 0.571. The van der Waals surface area contributed by atoms with Crippen molar-refractivity contribution in [1.82, 2.24) is 5.01 Å². The van der Waals surface area contributed by atoms with Crippen LogP contribution < -0.4 is 5.84 Å². The summed E-state index contributed by atoms with van der Waals surface area (Å²) < 4.78 is 5.26. The molecule has 1 fully saturated rings. The van der Waals surface area contributed by atoms with Gasteiger partial charge in [-0.2, -0.15) is 0 Å². The SMILES string of the molecule is CC(C)(C)OC(=O)[C@H]1C[C@@H](CO)N(N)C1.Cl. The third kappa shape index (κ3) is 4.25. The van der Waals surface area contributed by atoms with Crippen LogP contribution in [0.25, 0.3) is 0 Å². The fraction of sp³-hybridized carbons (Fsp3) is 0.900. The minimum Gasteiger partial charge on any atom is -0.460 e. The Balaban J connectivity index is 0.00000225. The Kier molecular flexibility index (Phi) is 5.69. The van der Waals surface area contributed by atoms with Crippen LogP contribution in [-0.2, 0) is 9.53 Å². The molecule has 0 spiro atoms. The van der Waals surface area contributed by atoms with E-state index in [-0.39, 0.29) is 36.9 Å². The zero-order valence-corrected chi connectivity index (χ0v) is 10.8. The molecule has 6 heteroatoms. The van der Waals surface area contributed by atoms with E-state index < -0.39 is 5.60 Å². The summed E-state index contributed by atoms with van der Waals surface area (Å²) in [6.45, 7) is 5.95. The van der Waals surface area contributed by atoms with Crippen molar-refractivity contribution >= 4 is 18.4 Å². The van der Waals surface area contributed by atoms with Crippen molar-refractivity contribution in [3.63, 3.8) is 0 Å². The van der Waals surface area contributed by atoms with E-state index in [0.717, 1.165) is 0 Å². The van der Waals surface area contributed by atoms with Gasteiger partial charge < -0.3 is 9.84 Å². The van der Waals surface area contributed by atoms with Crippen molar-refractivity contribution in [3.8, 4) is 0 Å². The number of rotatable bonds is 2. The summed E-state index contributed by atoms with van der Waals surface area (Å²) in [5, 5.41) is 10.5. The van der Waals surface area contributed by atoms with Crippen LogP contribution in [-0.4, -0.2) is 40.9 Å². The van der Waals surface area contributed by atoms with Gasteiger partial charge in [0.15, 0.2) is 0 Å². The minimum absolute atomic E-state index is 0. The predicted molar refractivity (Wildman–Crippen MR) is 63.0 cm³/mol. The predicted octanol–water partition coefficient (Wildman–Crippen LogP) is 0.306. The lowest BCUT2D eigenvalue weighted by Crippen LogP contribution is -2.38. The Labute approximate surface area is 102 Å². The summed E-state index contributed by atoms with van der Waals surface area (Å²) >= 11 is 0. The second-order valence-electron chi connectivity index (χ2n) is 5.00. The zero-order valence-electron chi connectivity index (χ0n) is 9.97. The third-order valence-corrected chi connectivity index (χ3v) is 2.41. The molecule has 2 atom stereocenters. The Bertz CT molecular complexity index is 243. The molecular formula is C10H21ClN2O3. The van der Waals surface area contributed by atoms with Crippen molar-refractivity contribution in [2.75, 3.05) is 13.2 Å². The molecule has 16 heavy (non-hydrogen) atoms. The summed E-state index contributed by atoms with van der Waals surface area (Å²) in [5.41, 5.74) is -0.464. The van der Waals surface area contributed by atoms with E-state index in [1.165, 1.54) is 5.01 Å². The van der Waals surface area contributed by atoms with Crippen molar-refractivity contribution in [1.29, 1.82) is 0 Å². The maximum atomic E-state index is 11.7. The average molecular weight is 253 g/mol. The van der Waals surface area contributed by atoms with Gasteiger partial charge in [0.05, 0.1) is 12.5 Å². The second-order valence-corrected chi connectivity index (χ2v) is 5.00. The Morgan fingerprint density at radius 1 is 1.56 bits per heavy atom. The van der Waals surface area contributed by atoms with E-state index >= 15 is 0 Å². The molecule has 0 aliphatic carbocycles. The molecule has 0 aromatic carbocycles. The number of aliphatic hydroxyl groups excluding tert-OH is 1. The van der Waals surface area contributed by atoms with Gasteiger partial charge in [0.1, 0.15) is 5.60 Å². The topological polar surface area (TPSA) is 75.8 Å². The second kappa shape index (κ2) is 5.82. The molecule has 0 saturated carbocycles. The third-order valence-electron chi connectivity index (χ3n) is 2.41. The van der Waals surface area contributed by atoms with Crippen molar-refractivity contribution in [2.45, 2.75) is 38.8 Å². The van der Waals surface area contributed by atoms with Crippen LogP contribution in [0.2, 0.25) is 0 Å². The molecule has 1 aliphatic heterocycles. The number of esters is 1. The van der Waals surface area contributed by atoms with Gasteiger partial charge in [-0.15, -0.1) is 12.4 Å². The molecule has 3 N–H and O–H groups in total. The molecule has 1 saturated heterocycles. The van der Waals surface area contributed by atoms with E-state index in [9.17, 15) is 4.79 Å². The van der Waals surface area contributed by atoms with Crippen molar-refractivity contribution in [2.24, 2.45) is 11.8 Å². The molecule has 1 rings (SSSR count). The van der Waals surface area contributed by atoms with E-state index in [4.69, 9.17) is 15.7 Å². The number of hydrogen-bond donors (Lipinski definition) is 2. The van der Waals surface area contributed by atoms with Crippen molar-refractivity contribution in [3.05, 3.63) is 0 Å². The number of carbonyl (C=O) groups excluding carboxylic acids is 1. The van der Waals surface area contributed by atoms with Crippen LogP contribution in [0.1, 0.15) is 27.2 Å². The number of halogens is 1. The molecule has 0 amide bonds. The molecular weight excluding hydrogens is 232 g/mol. The maximum absolute atomic E-state index is 11.7. The summed E-state index contributed by atoms with van der Waals surface area (Å²) in [5.74, 6) is 5.20. The normalized spacial score (nSPS) is 26.3. The molecule has 0 aromatic rings. The van der Waals surface area contributed by atoms with Gasteiger partial charge in [0.2, 0.25) is 0 Å². The fourth-order valence-electron chi connectivity index (χ4n) is 1.68. The standard InChI is InChI=1S/C10H20N2O3.ClH/c1-10(2,3)15-9(14)7-4-8(6-13)12(11)5-7;/h7-8,13H,4-6,11H2,1-3H3;1H/t7-,8-;/m0./s1. The van der Waals surface area contributed by atoms with Crippen molar-refractivity contribution < 1.29 is 14.6 Å². The number of aliphatic hydroxyl groups is 1. The number of hydrogen-bond acceptors (Lipinski definition) is 5. The maximum Gasteiger partial charge on any atom is 0.310 e. The van der Waals surface area contributed by atoms with Crippen LogP contribution in [0, 0.1) is 5.92 Å². The van der Waals surface area contributed by atoms with Gasteiger partial charge in [-0.25, -0.2) is 5.01 Å². The highest BCUT2D eigenvalue weighted by molar-refractivity contribution is 5.85. The van der Waals surface area contributed by atoms with Gasteiger partial charge in [-0.3, -0.25) is 10.6 Å². The Morgan fingerprint density at radius 2 is 2.12 bits per heavy atom. The average Bonchev–Trinajstić information content (AvgIpc) is 2.43.